The molecule has 1 saturated carbocycles. The number of rotatable bonds is 3. The molecule has 0 heterocycles. The monoisotopic (exact) mass is 168 g/mol. The number of hydrogen-bond acceptors (Lipinski definition) is 2. The number of nitrogens with one attached hydrogen (secondary N) is 1. The molecule has 0 aromatic rings. The van der Waals surface area contributed by atoms with Crippen LogP contribution in [0.4, 0.5) is 0 Å². The fourth-order valence-corrected chi connectivity index (χ4v) is 1.46. The van der Waals surface area contributed by atoms with Gasteiger partial charge in [-0.3, -0.25) is 0 Å². The first-order valence-electron chi connectivity index (χ1n) is 4.96. The fourth-order valence-electron chi connectivity index (χ4n) is 1.46. The van der Waals surface area contributed by atoms with Gasteiger partial charge in [-0.25, -0.2) is 0 Å². The summed E-state index contributed by atoms with van der Waals surface area (Å²) in [5.41, 5.74) is 4.50. The van der Waals surface area contributed by atoms with Crippen LogP contribution in [0.3, 0.4) is 0 Å². The first-order valence-corrected chi connectivity index (χ1v) is 4.96. The lowest BCUT2D eigenvalue weighted by molar-refractivity contribution is 0.568. The van der Waals surface area contributed by atoms with Gasteiger partial charge in [-0.2, -0.15) is 5.10 Å². The highest BCUT2D eigenvalue weighted by Crippen LogP contribution is 2.21. The van der Waals surface area contributed by atoms with Crippen LogP contribution < -0.4 is 5.43 Å². The molecule has 1 aliphatic rings. The molecular weight excluding hydrogens is 148 g/mol. The largest absolute Gasteiger partial charge is 0.310 e. The second-order valence-corrected chi connectivity index (χ2v) is 4.28. The molecule has 2 heteroatoms. The molecule has 0 aromatic carbocycles. The van der Waals surface area contributed by atoms with E-state index >= 15 is 0 Å². The van der Waals surface area contributed by atoms with Crippen LogP contribution in [0.15, 0.2) is 5.10 Å². The third-order valence-corrected chi connectivity index (χ3v) is 2.25. The van der Waals surface area contributed by atoms with E-state index in [1.54, 1.807) is 0 Å². The van der Waals surface area contributed by atoms with Crippen LogP contribution in [0.1, 0.15) is 40.0 Å². The van der Waals surface area contributed by atoms with E-state index in [9.17, 15) is 0 Å². The second kappa shape index (κ2) is 4.48. The Kier molecular flexibility index (Phi) is 3.57. The Bertz CT molecular complexity index is 161. The molecule has 0 spiro atoms. The Morgan fingerprint density at radius 3 is 2.83 bits per heavy atom. The molecule has 12 heavy (non-hydrogen) atoms. The Morgan fingerprint density at radius 1 is 1.58 bits per heavy atom. The van der Waals surface area contributed by atoms with Crippen molar-refractivity contribution in [1.29, 1.82) is 0 Å². The molecule has 2 nitrogen and oxygen atoms in total. The van der Waals surface area contributed by atoms with Crippen molar-refractivity contribution >= 4 is 5.71 Å². The van der Waals surface area contributed by atoms with Gasteiger partial charge in [-0.15, -0.1) is 0 Å². The van der Waals surface area contributed by atoms with Gasteiger partial charge in [0.2, 0.25) is 0 Å². The SMILES string of the molecule is CC(C)CN/N=C1\CCC(C)C1. The Labute approximate surface area is 75.4 Å². The van der Waals surface area contributed by atoms with Crippen LogP contribution in [-0.2, 0) is 0 Å². The van der Waals surface area contributed by atoms with E-state index in [0.29, 0.717) is 5.92 Å². The van der Waals surface area contributed by atoms with E-state index in [0.717, 1.165) is 12.5 Å². The summed E-state index contributed by atoms with van der Waals surface area (Å²) in [6.07, 6.45) is 3.72. The zero-order chi connectivity index (χ0) is 8.97. The molecular formula is C10H20N2. The first kappa shape index (κ1) is 9.56. The molecule has 1 atom stereocenters. The van der Waals surface area contributed by atoms with Crippen molar-refractivity contribution in [1.82, 2.24) is 5.43 Å². The highest BCUT2D eigenvalue weighted by molar-refractivity contribution is 5.86. The van der Waals surface area contributed by atoms with E-state index in [2.05, 4.69) is 31.3 Å². The molecule has 1 aliphatic carbocycles. The van der Waals surface area contributed by atoms with Gasteiger partial charge in [-0.05, 0) is 31.1 Å². The second-order valence-electron chi connectivity index (χ2n) is 4.28. The van der Waals surface area contributed by atoms with Crippen molar-refractivity contribution in [3.05, 3.63) is 0 Å². The normalized spacial score (nSPS) is 27.0. The van der Waals surface area contributed by atoms with Crippen molar-refractivity contribution in [2.45, 2.75) is 40.0 Å². The van der Waals surface area contributed by atoms with E-state index in [-0.39, 0.29) is 0 Å². The standard InChI is InChI=1S/C10H20N2/c1-8(2)7-11-12-10-5-4-9(3)6-10/h8-9,11H,4-7H2,1-3H3/b12-10+. The zero-order valence-electron chi connectivity index (χ0n) is 8.43. The molecule has 70 valence electrons. The van der Waals surface area contributed by atoms with Gasteiger partial charge in [0.15, 0.2) is 0 Å². The molecule has 0 amide bonds. The van der Waals surface area contributed by atoms with Crippen LogP contribution in [0.2, 0.25) is 0 Å². The lowest BCUT2D eigenvalue weighted by Crippen LogP contribution is -2.15. The fraction of sp³-hybridized carbons (Fsp3) is 0.900. The van der Waals surface area contributed by atoms with Crippen LogP contribution in [0, 0.1) is 11.8 Å². The molecule has 0 saturated heterocycles. The van der Waals surface area contributed by atoms with Crippen LogP contribution >= 0.6 is 0 Å². The van der Waals surface area contributed by atoms with Gasteiger partial charge in [0, 0.05) is 12.3 Å². The van der Waals surface area contributed by atoms with E-state index in [1.165, 1.54) is 25.0 Å². The highest BCUT2D eigenvalue weighted by atomic mass is 15.3. The summed E-state index contributed by atoms with van der Waals surface area (Å²) >= 11 is 0. The van der Waals surface area contributed by atoms with Crippen molar-refractivity contribution in [2.75, 3.05) is 6.54 Å². The Morgan fingerprint density at radius 2 is 2.33 bits per heavy atom. The topological polar surface area (TPSA) is 24.4 Å². The van der Waals surface area contributed by atoms with Gasteiger partial charge in [0.05, 0.1) is 0 Å². The van der Waals surface area contributed by atoms with E-state index in [4.69, 9.17) is 0 Å². The number of hydrazone groups is 1. The van der Waals surface area contributed by atoms with Crippen LogP contribution in [0.5, 0.6) is 0 Å². The third kappa shape index (κ3) is 3.24. The van der Waals surface area contributed by atoms with Crippen molar-refractivity contribution in [2.24, 2.45) is 16.9 Å². The average Bonchev–Trinajstić information content (AvgIpc) is 2.35. The first-order chi connectivity index (χ1) is 5.68. The van der Waals surface area contributed by atoms with E-state index < -0.39 is 0 Å². The minimum Gasteiger partial charge on any atom is -0.310 e. The van der Waals surface area contributed by atoms with Gasteiger partial charge in [-0.1, -0.05) is 20.8 Å². The maximum absolute atomic E-state index is 4.38. The predicted octanol–water partition coefficient (Wildman–Crippen LogP) is 2.41. The summed E-state index contributed by atoms with van der Waals surface area (Å²) in [5, 5.41) is 4.38. The van der Waals surface area contributed by atoms with Crippen molar-refractivity contribution in [3.63, 3.8) is 0 Å². The molecule has 1 fully saturated rings. The quantitative estimate of drug-likeness (QED) is 0.643. The van der Waals surface area contributed by atoms with Crippen LogP contribution in [-0.4, -0.2) is 12.3 Å². The summed E-state index contributed by atoms with van der Waals surface area (Å²) in [6, 6.07) is 0. The molecule has 0 aromatic heterocycles. The summed E-state index contributed by atoms with van der Waals surface area (Å²) in [4.78, 5) is 0. The summed E-state index contributed by atoms with van der Waals surface area (Å²) in [6.45, 7) is 7.69. The third-order valence-electron chi connectivity index (χ3n) is 2.25. The zero-order valence-corrected chi connectivity index (χ0v) is 8.43. The van der Waals surface area contributed by atoms with E-state index in [1.807, 2.05) is 0 Å². The van der Waals surface area contributed by atoms with Crippen molar-refractivity contribution in [3.8, 4) is 0 Å². The predicted molar refractivity (Wildman–Crippen MR) is 53.3 cm³/mol. The minimum atomic E-state index is 0.688. The summed E-state index contributed by atoms with van der Waals surface area (Å²) < 4.78 is 0. The minimum absolute atomic E-state index is 0.688. The Balaban J connectivity index is 2.19. The lowest BCUT2D eigenvalue weighted by Gasteiger charge is -2.04. The van der Waals surface area contributed by atoms with Gasteiger partial charge in [0.1, 0.15) is 0 Å². The summed E-state index contributed by atoms with van der Waals surface area (Å²) in [7, 11) is 0. The molecule has 1 N–H and O–H groups in total. The van der Waals surface area contributed by atoms with Gasteiger partial charge >= 0.3 is 0 Å². The summed E-state index contributed by atoms with van der Waals surface area (Å²) in [5.74, 6) is 1.54. The van der Waals surface area contributed by atoms with Gasteiger partial charge < -0.3 is 5.43 Å². The number of nitrogens with zero attached hydrogens (tertiary/aromatic N) is 1. The molecule has 0 radical (unpaired) electrons. The maximum atomic E-state index is 4.38. The highest BCUT2D eigenvalue weighted by Gasteiger charge is 2.15. The maximum Gasteiger partial charge on any atom is 0.0381 e. The lowest BCUT2D eigenvalue weighted by atomic mass is 10.1. The Hall–Kier alpha value is -0.530. The van der Waals surface area contributed by atoms with Crippen molar-refractivity contribution < 1.29 is 0 Å². The molecule has 1 unspecified atom stereocenters. The van der Waals surface area contributed by atoms with Crippen LogP contribution in [0.25, 0.3) is 0 Å². The molecule has 0 aliphatic heterocycles. The van der Waals surface area contributed by atoms with Gasteiger partial charge in [0.25, 0.3) is 0 Å². The molecule has 0 bridgehead atoms. The average molecular weight is 168 g/mol. The number of hydrogen-bond donors (Lipinski definition) is 1. The smallest absolute Gasteiger partial charge is 0.0381 e. The molecule has 1 rings (SSSR count).